The number of carbonyl (C=O) groups is 1. The fraction of sp³-hybridized carbons (Fsp3) is 0.571. The van der Waals surface area contributed by atoms with Crippen LogP contribution < -0.4 is 16.0 Å². The highest BCUT2D eigenvalue weighted by Crippen LogP contribution is 2.11. The van der Waals surface area contributed by atoms with Crippen molar-refractivity contribution >= 4 is 33.3 Å². The van der Waals surface area contributed by atoms with Crippen LogP contribution in [0.2, 0.25) is 0 Å². The van der Waals surface area contributed by atoms with Crippen LogP contribution in [0, 0.1) is 5.92 Å². The Morgan fingerprint density at radius 1 is 1.44 bits per heavy atom. The van der Waals surface area contributed by atoms with Gasteiger partial charge in [0.2, 0.25) is 11.9 Å². The second-order valence-corrected chi connectivity index (χ2v) is 7.31. The largest absolute Gasteiger partial charge is 0.379 e. The molecule has 13 heteroatoms. The Kier molecular flexibility index (Phi) is 6.64. The van der Waals surface area contributed by atoms with Gasteiger partial charge in [0.05, 0.1) is 19.0 Å². The predicted molar refractivity (Wildman–Crippen MR) is 96.1 cm³/mol. The number of hydrogen-bond donors (Lipinski definition) is 3. The summed E-state index contributed by atoms with van der Waals surface area (Å²) in [5.74, 6) is -0.547. The number of rotatable bonds is 9. The lowest BCUT2D eigenvalue weighted by atomic mass is 10.2. The normalized spacial score (nSPS) is 13.2. The number of amides is 1. The molecule has 0 spiro atoms. The zero-order valence-electron chi connectivity index (χ0n) is 15.1. The third-order valence-electron chi connectivity index (χ3n) is 3.68. The number of imidazole rings is 1. The fourth-order valence-electron chi connectivity index (χ4n) is 2.16. The summed E-state index contributed by atoms with van der Waals surface area (Å²) < 4.78 is 33.0. The zero-order chi connectivity index (χ0) is 20.2. The minimum atomic E-state index is -4.06. The van der Waals surface area contributed by atoms with Crippen LogP contribution >= 0.6 is 0 Å². The maximum atomic E-state index is 12.1. The number of nitrogens with two attached hydrogens (primary N) is 1. The number of fused-ring (bicyclic) bond motifs is 1. The Labute approximate surface area is 155 Å². The molecule has 0 fully saturated rings. The molecule has 1 amide bonds. The number of aryl methyl sites for hydroxylation is 1. The summed E-state index contributed by atoms with van der Waals surface area (Å²) in [5.41, 5.74) is -0.0917. The number of hydrogen-bond acceptors (Lipinski definition) is 8. The fourth-order valence-corrected chi connectivity index (χ4v) is 2.50. The van der Waals surface area contributed by atoms with Crippen LogP contribution in [0.3, 0.4) is 0 Å². The number of carbonyl (C=O) groups excluding carboxylic acids is 1. The smallest absolute Gasteiger partial charge is 0.333 e. The summed E-state index contributed by atoms with van der Waals surface area (Å²) >= 11 is 0. The van der Waals surface area contributed by atoms with E-state index in [9.17, 15) is 18.0 Å². The van der Waals surface area contributed by atoms with Crippen molar-refractivity contribution in [2.75, 3.05) is 19.0 Å². The molecule has 2 rings (SSSR count). The van der Waals surface area contributed by atoms with Crippen LogP contribution in [0.5, 0.6) is 0 Å². The van der Waals surface area contributed by atoms with Crippen molar-refractivity contribution in [3.8, 4) is 0 Å². The Hall–Kier alpha value is -2.35. The number of methoxy groups -OCH3 is 1. The zero-order valence-corrected chi connectivity index (χ0v) is 15.9. The lowest BCUT2D eigenvalue weighted by Gasteiger charge is -2.15. The average molecular weight is 402 g/mol. The molecule has 0 bridgehead atoms. The van der Waals surface area contributed by atoms with Gasteiger partial charge in [-0.25, -0.2) is 10.1 Å². The van der Waals surface area contributed by atoms with Crippen LogP contribution in [0.15, 0.2) is 11.1 Å². The van der Waals surface area contributed by atoms with E-state index in [0.29, 0.717) is 13.0 Å². The first-order valence-corrected chi connectivity index (χ1v) is 9.53. The van der Waals surface area contributed by atoms with Crippen molar-refractivity contribution in [2.24, 2.45) is 11.1 Å². The monoisotopic (exact) mass is 402 g/mol. The van der Waals surface area contributed by atoms with Crippen LogP contribution in [-0.2, 0) is 30.6 Å². The third kappa shape index (κ3) is 5.82. The lowest BCUT2D eigenvalue weighted by molar-refractivity contribution is -0.118. The SMILES string of the molecule is CO[C@@H](CCn1cnc2c(=O)[nH]c(NC(=O)C(C)C)nc21)COS(N)(=O)=O. The quantitative estimate of drug-likeness (QED) is 0.496. The molecule has 2 aromatic heterocycles. The summed E-state index contributed by atoms with van der Waals surface area (Å²) in [6, 6.07) is 0. The molecule has 27 heavy (non-hydrogen) atoms. The molecular formula is C14H22N6O6S. The van der Waals surface area contributed by atoms with E-state index >= 15 is 0 Å². The van der Waals surface area contributed by atoms with Gasteiger partial charge in [-0.05, 0) is 6.42 Å². The number of H-pyrrole nitrogens is 1. The Balaban J connectivity index is 2.17. The summed E-state index contributed by atoms with van der Waals surface area (Å²) in [6.45, 7) is 3.50. The van der Waals surface area contributed by atoms with Crippen molar-refractivity contribution < 1.29 is 22.1 Å². The van der Waals surface area contributed by atoms with Crippen molar-refractivity contribution in [1.82, 2.24) is 19.5 Å². The molecule has 1 atom stereocenters. The summed E-state index contributed by atoms with van der Waals surface area (Å²) in [5, 5.41) is 7.33. The number of ether oxygens (including phenoxy) is 1. The highest BCUT2D eigenvalue weighted by Gasteiger charge is 2.16. The molecule has 0 aliphatic rings. The first kappa shape index (κ1) is 21.0. The first-order valence-electron chi connectivity index (χ1n) is 8.06. The average Bonchev–Trinajstić information content (AvgIpc) is 2.97. The van der Waals surface area contributed by atoms with E-state index in [-0.39, 0.29) is 35.5 Å². The lowest BCUT2D eigenvalue weighted by Crippen LogP contribution is -2.26. The van der Waals surface area contributed by atoms with Crippen molar-refractivity contribution in [3.63, 3.8) is 0 Å². The number of anilines is 1. The molecule has 2 heterocycles. The standard InChI is InChI=1S/C14H22N6O6S/c1-8(2)12(21)18-14-17-11-10(13(22)19-14)16-7-20(11)5-4-9(25-3)6-26-27(15,23)24/h7-9H,4-6H2,1-3H3,(H2,15,23,24)(H2,17,18,19,21,22)/t9-/m0/s1. The van der Waals surface area contributed by atoms with Crippen LogP contribution in [0.1, 0.15) is 20.3 Å². The molecule has 2 aromatic rings. The molecule has 0 saturated carbocycles. The van der Waals surface area contributed by atoms with Gasteiger partial charge < -0.3 is 9.30 Å². The topological polar surface area (TPSA) is 171 Å². The van der Waals surface area contributed by atoms with E-state index in [4.69, 9.17) is 9.88 Å². The van der Waals surface area contributed by atoms with Gasteiger partial charge in [-0.1, -0.05) is 13.8 Å². The van der Waals surface area contributed by atoms with E-state index in [1.807, 2.05) is 0 Å². The summed E-state index contributed by atoms with van der Waals surface area (Å²) in [4.78, 5) is 34.6. The van der Waals surface area contributed by atoms with Crippen LogP contribution in [0.25, 0.3) is 11.2 Å². The van der Waals surface area contributed by atoms with E-state index in [1.165, 1.54) is 13.4 Å². The third-order valence-corrected chi connectivity index (χ3v) is 4.15. The minimum absolute atomic E-state index is 0.0220. The second-order valence-electron chi connectivity index (χ2n) is 6.09. The highest BCUT2D eigenvalue weighted by molar-refractivity contribution is 7.84. The molecule has 0 saturated heterocycles. The molecule has 12 nitrogen and oxygen atoms in total. The van der Waals surface area contributed by atoms with Crippen molar-refractivity contribution in [1.29, 1.82) is 0 Å². The predicted octanol–water partition coefficient (Wildman–Crippen LogP) is -0.661. The van der Waals surface area contributed by atoms with Gasteiger partial charge in [0.25, 0.3) is 5.56 Å². The van der Waals surface area contributed by atoms with Crippen molar-refractivity contribution in [2.45, 2.75) is 32.9 Å². The molecule has 0 radical (unpaired) electrons. The molecule has 0 aromatic carbocycles. The minimum Gasteiger partial charge on any atom is -0.379 e. The molecule has 0 aliphatic heterocycles. The number of nitrogens with one attached hydrogen (secondary N) is 2. The van der Waals surface area contributed by atoms with Gasteiger partial charge in [0.1, 0.15) is 0 Å². The summed E-state index contributed by atoms with van der Waals surface area (Å²) in [7, 11) is -2.65. The van der Waals surface area contributed by atoms with E-state index in [2.05, 4.69) is 24.5 Å². The number of aromatic nitrogens is 4. The summed E-state index contributed by atoms with van der Waals surface area (Å²) in [6.07, 6.45) is 1.22. The van der Waals surface area contributed by atoms with E-state index < -0.39 is 22.0 Å². The molecule has 0 unspecified atom stereocenters. The Bertz CT molecular complexity index is 966. The van der Waals surface area contributed by atoms with Gasteiger partial charge in [-0.3, -0.25) is 24.1 Å². The van der Waals surface area contributed by atoms with Gasteiger partial charge in [0, 0.05) is 19.6 Å². The van der Waals surface area contributed by atoms with Crippen LogP contribution in [-0.4, -0.2) is 53.7 Å². The molecule has 0 aliphatic carbocycles. The molecule has 4 N–H and O–H groups in total. The van der Waals surface area contributed by atoms with E-state index in [0.717, 1.165) is 0 Å². The maximum Gasteiger partial charge on any atom is 0.333 e. The Morgan fingerprint density at radius 2 is 2.15 bits per heavy atom. The second kappa shape index (κ2) is 8.56. The number of aromatic amines is 1. The molecular weight excluding hydrogens is 380 g/mol. The number of nitrogens with zero attached hydrogens (tertiary/aromatic N) is 3. The highest BCUT2D eigenvalue weighted by atomic mass is 32.2. The Morgan fingerprint density at radius 3 is 2.74 bits per heavy atom. The van der Waals surface area contributed by atoms with Crippen molar-refractivity contribution in [3.05, 3.63) is 16.7 Å². The van der Waals surface area contributed by atoms with Gasteiger partial charge in [-0.2, -0.15) is 13.4 Å². The van der Waals surface area contributed by atoms with Gasteiger partial charge in [-0.15, -0.1) is 0 Å². The maximum absolute atomic E-state index is 12.1. The van der Waals surface area contributed by atoms with Gasteiger partial charge >= 0.3 is 10.3 Å². The van der Waals surface area contributed by atoms with E-state index in [1.54, 1.807) is 18.4 Å². The first-order chi connectivity index (χ1) is 12.6. The molecule has 150 valence electrons. The van der Waals surface area contributed by atoms with Crippen LogP contribution in [0.4, 0.5) is 5.95 Å². The van der Waals surface area contributed by atoms with Gasteiger partial charge in [0.15, 0.2) is 11.2 Å².